The first-order valence-corrected chi connectivity index (χ1v) is 8.06. The molecule has 1 aliphatic heterocycles. The van der Waals surface area contributed by atoms with Crippen LogP contribution >= 0.6 is 15.6 Å². The SMILES string of the molecule is COP(=O)(O)OP(=O)(O)OC[C@H]1O[C@@H]([B]O)CC1O. The van der Waals surface area contributed by atoms with Gasteiger partial charge in [0.2, 0.25) is 0 Å². The summed E-state index contributed by atoms with van der Waals surface area (Å²) < 4.78 is 39.6. The number of hydrogen-bond acceptors (Lipinski definition) is 8. The minimum Gasteiger partial charge on any atom is -0.452 e. The first-order valence-electron chi connectivity index (χ1n) is 5.07. The van der Waals surface area contributed by atoms with Crippen molar-refractivity contribution in [2.24, 2.45) is 0 Å². The quantitative estimate of drug-likeness (QED) is 0.338. The Bertz CT molecular complexity index is 390. The molecule has 4 N–H and O–H groups in total. The highest BCUT2D eigenvalue weighted by Crippen LogP contribution is 2.60. The second-order valence-electron chi connectivity index (χ2n) is 3.66. The van der Waals surface area contributed by atoms with Gasteiger partial charge < -0.3 is 24.7 Å². The second-order valence-corrected chi connectivity index (χ2v) is 6.81. The van der Waals surface area contributed by atoms with Crippen molar-refractivity contribution in [3.05, 3.63) is 0 Å². The van der Waals surface area contributed by atoms with E-state index in [9.17, 15) is 14.2 Å². The number of phosphoric acid groups is 2. The number of hydrogen-bond donors (Lipinski definition) is 4. The van der Waals surface area contributed by atoms with Crippen LogP contribution in [0.4, 0.5) is 0 Å². The minimum absolute atomic E-state index is 0.0949. The first kappa shape index (κ1) is 17.3. The summed E-state index contributed by atoms with van der Waals surface area (Å²) >= 11 is 0. The lowest BCUT2D eigenvalue weighted by Gasteiger charge is -2.18. The van der Waals surface area contributed by atoms with Gasteiger partial charge in [0.1, 0.15) is 6.10 Å². The molecule has 1 fully saturated rings. The Balaban J connectivity index is 2.47. The summed E-state index contributed by atoms with van der Waals surface area (Å²) in [6.45, 7) is -0.566. The summed E-state index contributed by atoms with van der Waals surface area (Å²) in [7, 11) is -7.98. The molecule has 1 saturated heterocycles. The Morgan fingerprint density at radius 1 is 1.37 bits per heavy atom. The Morgan fingerprint density at radius 3 is 2.47 bits per heavy atom. The fraction of sp³-hybridized carbons (Fsp3) is 1.00. The Kier molecular flexibility index (Phi) is 6.15. The highest BCUT2D eigenvalue weighted by atomic mass is 31.3. The van der Waals surface area contributed by atoms with Gasteiger partial charge in [-0.05, 0) is 6.42 Å². The van der Waals surface area contributed by atoms with Gasteiger partial charge in [0.25, 0.3) is 0 Å². The summed E-state index contributed by atoms with van der Waals surface area (Å²) in [5.74, 6) is 0. The summed E-state index contributed by atoms with van der Waals surface area (Å²) in [5, 5.41) is 18.2. The highest BCUT2D eigenvalue weighted by Gasteiger charge is 2.39. The molecule has 0 aromatic rings. The van der Waals surface area contributed by atoms with Crippen molar-refractivity contribution in [2.45, 2.75) is 24.6 Å². The van der Waals surface area contributed by atoms with Gasteiger partial charge in [-0.3, -0.25) is 9.05 Å². The van der Waals surface area contributed by atoms with E-state index in [0.29, 0.717) is 0 Å². The molecule has 0 aromatic carbocycles. The zero-order valence-electron chi connectivity index (χ0n) is 9.86. The van der Waals surface area contributed by atoms with E-state index in [1.807, 2.05) is 0 Å². The highest BCUT2D eigenvalue weighted by molar-refractivity contribution is 7.61. The van der Waals surface area contributed by atoms with Crippen LogP contribution in [-0.4, -0.2) is 59.3 Å². The van der Waals surface area contributed by atoms with Gasteiger partial charge in [0, 0.05) is 7.11 Å². The van der Waals surface area contributed by atoms with Crippen molar-refractivity contribution in [3.8, 4) is 0 Å². The molecule has 5 atom stereocenters. The summed E-state index contributed by atoms with van der Waals surface area (Å²) in [5.41, 5.74) is 0. The summed E-state index contributed by atoms with van der Waals surface area (Å²) in [6, 6.07) is -0.717. The van der Waals surface area contributed by atoms with Crippen molar-refractivity contribution < 1.29 is 47.1 Å². The van der Waals surface area contributed by atoms with Crippen LogP contribution in [0.25, 0.3) is 0 Å². The van der Waals surface area contributed by atoms with Crippen molar-refractivity contribution in [3.63, 3.8) is 0 Å². The van der Waals surface area contributed by atoms with Gasteiger partial charge in [-0.25, -0.2) is 9.13 Å². The van der Waals surface area contributed by atoms with Gasteiger partial charge in [0.15, 0.2) is 0 Å². The molecule has 1 radical (unpaired) electrons. The number of phosphoric ester groups is 2. The van der Waals surface area contributed by atoms with Crippen LogP contribution < -0.4 is 0 Å². The predicted octanol–water partition coefficient (Wildman–Crippen LogP) is -1.05. The van der Waals surface area contributed by atoms with E-state index in [0.717, 1.165) is 14.6 Å². The lowest BCUT2D eigenvalue weighted by atomic mass is 9.89. The minimum atomic E-state index is -4.84. The van der Waals surface area contributed by atoms with Crippen LogP contribution in [0.1, 0.15) is 6.42 Å². The largest absolute Gasteiger partial charge is 0.481 e. The van der Waals surface area contributed by atoms with Crippen LogP contribution in [0.5, 0.6) is 0 Å². The van der Waals surface area contributed by atoms with Crippen molar-refractivity contribution in [1.82, 2.24) is 0 Å². The Morgan fingerprint density at radius 2 is 2.00 bits per heavy atom. The molecule has 0 aliphatic carbocycles. The zero-order valence-corrected chi connectivity index (χ0v) is 11.6. The Labute approximate surface area is 109 Å². The smallest absolute Gasteiger partial charge is 0.452 e. The molecule has 1 aliphatic rings. The van der Waals surface area contributed by atoms with Crippen LogP contribution in [-0.2, 0) is 27.2 Å². The standard InChI is InChI=1S/C6H14BO10P2/c1-14-18(10,11)17-19(12,13)15-3-5-4(8)2-6(7-9)16-5/h4-6,8-9H,2-3H2,1H3,(H,10,11)(H,12,13)/t4?,5-,6-/m1/s1. The molecule has 3 unspecified atom stereocenters. The molecule has 0 amide bonds. The average Bonchev–Trinajstić information content (AvgIpc) is 2.66. The maximum atomic E-state index is 11.3. The molecule has 0 aromatic heterocycles. The van der Waals surface area contributed by atoms with E-state index in [1.165, 1.54) is 0 Å². The summed E-state index contributed by atoms with van der Waals surface area (Å²) in [6.07, 6.45) is -1.90. The van der Waals surface area contributed by atoms with Gasteiger partial charge in [0.05, 0.1) is 18.7 Å². The normalized spacial score (nSPS) is 33.6. The van der Waals surface area contributed by atoms with Crippen molar-refractivity contribution >= 4 is 23.1 Å². The molecule has 1 heterocycles. The van der Waals surface area contributed by atoms with E-state index in [1.54, 1.807) is 0 Å². The van der Waals surface area contributed by atoms with Gasteiger partial charge in [-0.1, -0.05) is 0 Å². The van der Waals surface area contributed by atoms with Crippen molar-refractivity contribution in [2.75, 3.05) is 13.7 Å². The maximum absolute atomic E-state index is 11.3. The van der Waals surface area contributed by atoms with Gasteiger partial charge in [-0.15, -0.1) is 0 Å². The molecule has 0 bridgehead atoms. The predicted molar refractivity (Wildman–Crippen MR) is 61.0 cm³/mol. The Hall–Kier alpha value is 0.205. The van der Waals surface area contributed by atoms with Crippen molar-refractivity contribution in [1.29, 1.82) is 0 Å². The summed E-state index contributed by atoms with van der Waals surface area (Å²) in [4.78, 5) is 18.0. The molecule has 0 saturated carbocycles. The molecule has 0 spiro atoms. The zero-order chi connectivity index (χ0) is 14.7. The molecule has 19 heavy (non-hydrogen) atoms. The third-order valence-electron chi connectivity index (χ3n) is 2.26. The molecule has 111 valence electrons. The second kappa shape index (κ2) is 6.77. The van der Waals surface area contributed by atoms with Gasteiger partial charge in [-0.2, -0.15) is 4.31 Å². The van der Waals surface area contributed by atoms with E-state index < -0.39 is 40.5 Å². The maximum Gasteiger partial charge on any atom is 0.481 e. The average molecular weight is 319 g/mol. The number of rotatable bonds is 7. The van der Waals surface area contributed by atoms with E-state index in [4.69, 9.17) is 19.5 Å². The molecular formula is C6H14BO10P2. The molecule has 10 nitrogen and oxygen atoms in total. The molecular weight excluding hydrogens is 305 g/mol. The molecule has 13 heteroatoms. The third-order valence-corrected chi connectivity index (χ3v) is 4.85. The van der Waals surface area contributed by atoms with Crippen LogP contribution in [0.15, 0.2) is 0 Å². The van der Waals surface area contributed by atoms with E-state index >= 15 is 0 Å². The topological polar surface area (TPSA) is 152 Å². The van der Waals surface area contributed by atoms with Gasteiger partial charge >= 0.3 is 23.1 Å². The van der Waals surface area contributed by atoms with Crippen LogP contribution in [0, 0.1) is 0 Å². The fourth-order valence-corrected chi connectivity index (χ4v) is 3.20. The van der Waals surface area contributed by atoms with E-state index in [-0.39, 0.29) is 6.42 Å². The fourth-order valence-electron chi connectivity index (χ4n) is 1.36. The van der Waals surface area contributed by atoms with E-state index in [2.05, 4.69) is 13.4 Å². The lowest BCUT2D eigenvalue weighted by Crippen LogP contribution is -2.26. The monoisotopic (exact) mass is 319 g/mol. The number of aliphatic hydroxyl groups is 1. The number of aliphatic hydroxyl groups excluding tert-OH is 1. The first-order chi connectivity index (χ1) is 8.69. The third kappa shape index (κ3) is 5.60. The van der Waals surface area contributed by atoms with Crippen LogP contribution in [0.2, 0.25) is 0 Å². The number of ether oxygens (including phenoxy) is 1. The lowest BCUT2D eigenvalue weighted by molar-refractivity contribution is -0.00648. The van der Waals surface area contributed by atoms with Crippen LogP contribution in [0.3, 0.4) is 0 Å². The molecule has 1 rings (SSSR count).